The van der Waals surface area contributed by atoms with E-state index in [2.05, 4.69) is 15.6 Å². The van der Waals surface area contributed by atoms with Crippen molar-refractivity contribution >= 4 is 40.6 Å². The second kappa shape index (κ2) is 6.55. The maximum absolute atomic E-state index is 11.7. The maximum Gasteiger partial charge on any atom is 0.335 e. The van der Waals surface area contributed by atoms with E-state index in [0.717, 1.165) is 10.7 Å². The molecule has 6 nitrogen and oxygen atoms in total. The van der Waals surface area contributed by atoms with Gasteiger partial charge in [-0.05, 0) is 25.1 Å². The van der Waals surface area contributed by atoms with Gasteiger partial charge in [-0.2, -0.15) is 0 Å². The highest BCUT2D eigenvalue weighted by Gasteiger charge is 2.09. The first-order valence-electron chi connectivity index (χ1n) is 5.94. The van der Waals surface area contributed by atoms with Crippen LogP contribution in [-0.2, 0) is 6.54 Å². The normalized spacial score (nSPS) is 10.2. The number of benzene rings is 1. The molecule has 0 atom stereocenters. The molecule has 3 N–H and O–H groups in total. The van der Waals surface area contributed by atoms with Gasteiger partial charge in [0.1, 0.15) is 0 Å². The van der Waals surface area contributed by atoms with Crippen molar-refractivity contribution in [3.63, 3.8) is 0 Å². The molecule has 0 saturated carbocycles. The molecule has 0 fully saturated rings. The van der Waals surface area contributed by atoms with Gasteiger partial charge in [-0.25, -0.2) is 14.6 Å². The van der Waals surface area contributed by atoms with E-state index in [1.807, 2.05) is 12.3 Å². The summed E-state index contributed by atoms with van der Waals surface area (Å²) in [5.41, 5.74) is 1.09. The van der Waals surface area contributed by atoms with Crippen molar-refractivity contribution in [2.45, 2.75) is 13.5 Å². The first-order chi connectivity index (χ1) is 9.94. The standard InChI is InChI=1S/C13H12ClN3O3S/c1-7-16-11(6-21-7)5-15-13(20)17-10-3-8(12(18)19)2-9(14)4-10/h2-4,6H,5H2,1H3,(H,18,19)(H2,15,17,20). The average Bonchev–Trinajstić information content (AvgIpc) is 2.81. The van der Waals surface area contributed by atoms with Gasteiger partial charge in [-0.3, -0.25) is 0 Å². The lowest BCUT2D eigenvalue weighted by atomic mass is 10.2. The number of carbonyl (C=O) groups excluding carboxylic acids is 1. The van der Waals surface area contributed by atoms with Gasteiger partial charge in [0.15, 0.2) is 0 Å². The van der Waals surface area contributed by atoms with Crippen LogP contribution in [0.2, 0.25) is 5.02 Å². The number of aromatic carboxylic acids is 1. The average molecular weight is 326 g/mol. The Morgan fingerprint density at radius 1 is 1.38 bits per heavy atom. The molecule has 0 aliphatic heterocycles. The Labute approximate surface area is 129 Å². The number of rotatable bonds is 4. The third kappa shape index (κ3) is 4.44. The number of aromatic nitrogens is 1. The molecule has 110 valence electrons. The second-order valence-electron chi connectivity index (χ2n) is 4.20. The molecular weight excluding hydrogens is 314 g/mol. The highest BCUT2D eigenvalue weighted by atomic mass is 35.5. The Morgan fingerprint density at radius 3 is 2.76 bits per heavy atom. The van der Waals surface area contributed by atoms with Crippen LogP contribution in [0.4, 0.5) is 10.5 Å². The van der Waals surface area contributed by atoms with E-state index in [4.69, 9.17) is 16.7 Å². The van der Waals surface area contributed by atoms with E-state index in [1.165, 1.54) is 29.5 Å². The van der Waals surface area contributed by atoms with Crippen molar-refractivity contribution in [1.82, 2.24) is 10.3 Å². The Morgan fingerprint density at radius 2 is 2.14 bits per heavy atom. The molecule has 0 saturated heterocycles. The highest BCUT2D eigenvalue weighted by molar-refractivity contribution is 7.09. The zero-order valence-corrected chi connectivity index (χ0v) is 12.6. The van der Waals surface area contributed by atoms with Crippen molar-refractivity contribution in [2.24, 2.45) is 0 Å². The zero-order chi connectivity index (χ0) is 15.4. The summed E-state index contributed by atoms with van der Waals surface area (Å²) in [4.78, 5) is 26.9. The van der Waals surface area contributed by atoms with Gasteiger partial charge in [0, 0.05) is 16.1 Å². The lowest BCUT2D eigenvalue weighted by molar-refractivity contribution is 0.0697. The van der Waals surface area contributed by atoms with E-state index in [9.17, 15) is 9.59 Å². The number of thiazole rings is 1. The molecule has 0 radical (unpaired) electrons. The van der Waals surface area contributed by atoms with Crippen LogP contribution in [0, 0.1) is 6.92 Å². The fourth-order valence-electron chi connectivity index (χ4n) is 1.62. The minimum Gasteiger partial charge on any atom is -0.478 e. The molecule has 1 aromatic carbocycles. The summed E-state index contributed by atoms with van der Waals surface area (Å²) < 4.78 is 0. The number of aryl methyl sites for hydroxylation is 1. The number of anilines is 1. The summed E-state index contributed by atoms with van der Waals surface area (Å²) in [6, 6.07) is 3.66. The molecule has 0 spiro atoms. The highest BCUT2D eigenvalue weighted by Crippen LogP contribution is 2.19. The van der Waals surface area contributed by atoms with E-state index in [1.54, 1.807) is 0 Å². The molecule has 1 heterocycles. The number of hydrogen-bond donors (Lipinski definition) is 3. The number of carboxylic acid groups (broad SMARTS) is 1. The first kappa shape index (κ1) is 15.3. The number of nitrogens with zero attached hydrogens (tertiary/aromatic N) is 1. The molecule has 8 heteroatoms. The largest absolute Gasteiger partial charge is 0.478 e. The van der Waals surface area contributed by atoms with E-state index < -0.39 is 12.0 Å². The van der Waals surface area contributed by atoms with Crippen molar-refractivity contribution < 1.29 is 14.7 Å². The molecular formula is C13H12ClN3O3S. The van der Waals surface area contributed by atoms with Crippen molar-refractivity contribution in [1.29, 1.82) is 0 Å². The van der Waals surface area contributed by atoms with Crippen LogP contribution < -0.4 is 10.6 Å². The summed E-state index contributed by atoms with van der Waals surface area (Å²) in [5, 5.41) is 17.1. The predicted octanol–water partition coefficient (Wildman–Crippen LogP) is 3.12. The Hall–Kier alpha value is -2.12. The van der Waals surface area contributed by atoms with Crippen LogP contribution in [0.15, 0.2) is 23.6 Å². The number of halogens is 1. The second-order valence-corrected chi connectivity index (χ2v) is 5.70. The predicted molar refractivity (Wildman–Crippen MR) is 81.1 cm³/mol. The summed E-state index contributed by atoms with van der Waals surface area (Å²) in [6.45, 7) is 2.18. The molecule has 2 rings (SSSR count). The van der Waals surface area contributed by atoms with Gasteiger partial charge in [-0.15, -0.1) is 11.3 Å². The lowest BCUT2D eigenvalue weighted by Gasteiger charge is -2.08. The van der Waals surface area contributed by atoms with Gasteiger partial charge < -0.3 is 15.7 Å². The van der Waals surface area contributed by atoms with Gasteiger partial charge in [0.05, 0.1) is 22.8 Å². The van der Waals surface area contributed by atoms with Crippen LogP contribution in [0.1, 0.15) is 21.1 Å². The fourth-order valence-corrected chi connectivity index (χ4v) is 2.47. The topological polar surface area (TPSA) is 91.3 Å². The lowest BCUT2D eigenvalue weighted by Crippen LogP contribution is -2.28. The van der Waals surface area contributed by atoms with Gasteiger partial charge in [0.25, 0.3) is 0 Å². The van der Waals surface area contributed by atoms with Crippen LogP contribution in [0.3, 0.4) is 0 Å². The quantitative estimate of drug-likeness (QED) is 0.805. The first-order valence-corrected chi connectivity index (χ1v) is 7.19. The minimum atomic E-state index is -1.11. The zero-order valence-electron chi connectivity index (χ0n) is 11.0. The smallest absolute Gasteiger partial charge is 0.335 e. The number of hydrogen-bond acceptors (Lipinski definition) is 4. The van der Waals surface area contributed by atoms with Gasteiger partial charge >= 0.3 is 12.0 Å². The SMILES string of the molecule is Cc1nc(CNC(=O)Nc2cc(Cl)cc(C(=O)O)c2)cs1. The number of amides is 2. The number of nitrogens with one attached hydrogen (secondary N) is 2. The van der Waals surface area contributed by atoms with Crippen LogP contribution >= 0.6 is 22.9 Å². The number of carbonyl (C=O) groups is 2. The molecule has 0 aliphatic carbocycles. The molecule has 2 aromatic rings. The summed E-state index contributed by atoms with van der Waals surface area (Å²) >= 11 is 7.31. The third-order valence-corrected chi connectivity index (χ3v) is 3.54. The monoisotopic (exact) mass is 325 g/mol. The summed E-state index contributed by atoms with van der Waals surface area (Å²) in [6.07, 6.45) is 0. The molecule has 1 aromatic heterocycles. The van der Waals surface area contributed by atoms with E-state index in [0.29, 0.717) is 12.2 Å². The molecule has 0 unspecified atom stereocenters. The van der Waals surface area contributed by atoms with E-state index in [-0.39, 0.29) is 10.6 Å². The van der Waals surface area contributed by atoms with Crippen molar-refractivity contribution in [3.8, 4) is 0 Å². The third-order valence-electron chi connectivity index (χ3n) is 2.50. The Kier molecular flexibility index (Phi) is 4.77. The van der Waals surface area contributed by atoms with Crippen LogP contribution in [0.5, 0.6) is 0 Å². The fraction of sp³-hybridized carbons (Fsp3) is 0.154. The molecule has 21 heavy (non-hydrogen) atoms. The number of carboxylic acids is 1. The van der Waals surface area contributed by atoms with Gasteiger partial charge in [0.2, 0.25) is 0 Å². The van der Waals surface area contributed by atoms with Crippen LogP contribution in [-0.4, -0.2) is 22.1 Å². The van der Waals surface area contributed by atoms with Crippen molar-refractivity contribution in [3.05, 3.63) is 44.9 Å². The summed E-state index contributed by atoms with van der Waals surface area (Å²) in [5.74, 6) is -1.11. The molecule has 2 amide bonds. The Balaban J connectivity index is 1.97. The van der Waals surface area contributed by atoms with Gasteiger partial charge in [-0.1, -0.05) is 11.6 Å². The van der Waals surface area contributed by atoms with Crippen LogP contribution in [0.25, 0.3) is 0 Å². The molecule has 0 bridgehead atoms. The Bertz CT molecular complexity index is 687. The molecule has 0 aliphatic rings. The van der Waals surface area contributed by atoms with E-state index >= 15 is 0 Å². The minimum absolute atomic E-state index is 0.00734. The van der Waals surface area contributed by atoms with Crippen molar-refractivity contribution in [2.75, 3.05) is 5.32 Å². The number of urea groups is 1. The maximum atomic E-state index is 11.7. The summed E-state index contributed by atoms with van der Waals surface area (Å²) in [7, 11) is 0.